The van der Waals surface area contributed by atoms with Crippen molar-refractivity contribution in [1.29, 1.82) is 0 Å². The third kappa shape index (κ3) is 2.86. The van der Waals surface area contributed by atoms with Crippen LogP contribution in [0.25, 0.3) is 0 Å². The fourth-order valence-corrected chi connectivity index (χ4v) is 4.24. The lowest BCUT2D eigenvalue weighted by Gasteiger charge is -2.31. The van der Waals surface area contributed by atoms with E-state index in [-0.39, 0.29) is 5.91 Å². The Kier molecular flexibility index (Phi) is 3.61. The number of nitrogens with zero attached hydrogens (tertiary/aromatic N) is 3. The summed E-state index contributed by atoms with van der Waals surface area (Å²) in [5.74, 6) is 3.19. The molecule has 5 heteroatoms. The average molecular weight is 336 g/mol. The van der Waals surface area contributed by atoms with Crippen LogP contribution in [0.3, 0.4) is 0 Å². The summed E-state index contributed by atoms with van der Waals surface area (Å²) in [5.41, 5.74) is 3.65. The summed E-state index contributed by atoms with van der Waals surface area (Å²) in [4.78, 5) is 19.5. The molecule has 1 amide bonds. The number of hydrogen-bond donors (Lipinski definition) is 1. The Labute approximate surface area is 147 Å². The number of hydrogen-bond acceptors (Lipinski definition) is 3. The SMILES string of the molecule is O=C(c1ccc2c(c1)CCC2)N1CCC(c2nc(C3CC3)n[nH]2)CC1. The number of amides is 1. The number of rotatable bonds is 3. The number of piperidine rings is 1. The molecule has 5 nitrogen and oxygen atoms in total. The molecule has 2 aliphatic carbocycles. The third-order valence-electron chi connectivity index (χ3n) is 5.98. The summed E-state index contributed by atoms with van der Waals surface area (Å²) in [6.45, 7) is 1.61. The second-order valence-corrected chi connectivity index (χ2v) is 7.76. The number of benzene rings is 1. The van der Waals surface area contributed by atoms with Crippen molar-refractivity contribution in [3.8, 4) is 0 Å². The number of fused-ring (bicyclic) bond motifs is 1. The quantitative estimate of drug-likeness (QED) is 0.936. The topological polar surface area (TPSA) is 61.9 Å². The smallest absolute Gasteiger partial charge is 0.253 e. The van der Waals surface area contributed by atoms with Gasteiger partial charge in [0.05, 0.1) is 0 Å². The fourth-order valence-electron chi connectivity index (χ4n) is 4.24. The first kappa shape index (κ1) is 15.1. The van der Waals surface area contributed by atoms with Crippen LogP contribution in [0.5, 0.6) is 0 Å². The highest BCUT2D eigenvalue weighted by Gasteiger charge is 2.31. The van der Waals surface area contributed by atoms with Gasteiger partial charge < -0.3 is 4.90 Å². The molecule has 1 aromatic carbocycles. The highest BCUT2D eigenvalue weighted by Crippen LogP contribution is 2.38. The highest BCUT2D eigenvalue weighted by molar-refractivity contribution is 5.94. The number of nitrogens with one attached hydrogen (secondary N) is 1. The van der Waals surface area contributed by atoms with Gasteiger partial charge in [0.25, 0.3) is 5.91 Å². The maximum absolute atomic E-state index is 12.8. The van der Waals surface area contributed by atoms with E-state index in [0.29, 0.717) is 11.8 Å². The minimum atomic E-state index is 0.185. The van der Waals surface area contributed by atoms with Crippen LogP contribution < -0.4 is 0 Å². The Morgan fingerprint density at radius 2 is 1.84 bits per heavy atom. The molecule has 0 unspecified atom stereocenters. The van der Waals surface area contributed by atoms with E-state index in [1.54, 1.807) is 0 Å². The van der Waals surface area contributed by atoms with E-state index in [0.717, 1.165) is 56.0 Å². The first-order valence-electron chi connectivity index (χ1n) is 9.61. The van der Waals surface area contributed by atoms with Crippen molar-refractivity contribution >= 4 is 5.91 Å². The summed E-state index contributed by atoms with van der Waals surface area (Å²) >= 11 is 0. The molecule has 5 rings (SSSR count). The van der Waals surface area contributed by atoms with Gasteiger partial charge in [0.1, 0.15) is 5.82 Å². The van der Waals surface area contributed by atoms with E-state index < -0.39 is 0 Å². The maximum Gasteiger partial charge on any atom is 0.253 e. The van der Waals surface area contributed by atoms with Gasteiger partial charge in [-0.3, -0.25) is 9.89 Å². The van der Waals surface area contributed by atoms with Gasteiger partial charge in [-0.15, -0.1) is 0 Å². The van der Waals surface area contributed by atoms with E-state index in [1.165, 1.54) is 30.4 Å². The number of carbonyl (C=O) groups is 1. The summed E-state index contributed by atoms with van der Waals surface area (Å²) in [6.07, 6.45) is 7.89. The maximum atomic E-state index is 12.8. The molecular formula is C20H24N4O. The summed E-state index contributed by atoms with van der Waals surface area (Å²) < 4.78 is 0. The molecule has 1 aromatic heterocycles. The molecule has 2 fully saturated rings. The number of aryl methyl sites for hydroxylation is 2. The molecule has 1 saturated heterocycles. The molecule has 0 spiro atoms. The van der Waals surface area contributed by atoms with Crippen LogP contribution in [0, 0.1) is 0 Å². The van der Waals surface area contributed by atoms with Gasteiger partial charge in [-0.25, -0.2) is 4.98 Å². The minimum absolute atomic E-state index is 0.185. The predicted octanol–water partition coefficient (Wildman–Crippen LogP) is 3.19. The fraction of sp³-hybridized carbons (Fsp3) is 0.550. The minimum Gasteiger partial charge on any atom is -0.339 e. The predicted molar refractivity (Wildman–Crippen MR) is 94.7 cm³/mol. The van der Waals surface area contributed by atoms with Crippen LogP contribution in [0.15, 0.2) is 18.2 Å². The number of likely N-dealkylation sites (tertiary alicyclic amines) is 1. The zero-order valence-corrected chi connectivity index (χ0v) is 14.5. The summed E-state index contributed by atoms with van der Waals surface area (Å²) in [7, 11) is 0. The Hall–Kier alpha value is -2.17. The van der Waals surface area contributed by atoms with E-state index >= 15 is 0 Å². The van der Waals surface area contributed by atoms with Gasteiger partial charge in [-0.2, -0.15) is 5.10 Å². The molecule has 0 radical (unpaired) electrons. The molecule has 1 aliphatic heterocycles. The Morgan fingerprint density at radius 3 is 2.64 bits per heavy atom. The number of H-pyrrole nitrogens is 1. The molecule has 3 aliphatic rings. The van der Waals surface area contributed by atoms with Crippen molar-refractivity contribution in [2.24, 2.45) is 0 Å². The van der Waals surface area contributed by atoms with E-state index in [2.05, 4.69) is 22.3 Å². The lowest BCUT2D eigenvalue weighted by molar-refractivity contribution is 0.0711. The van der Waals surface area contributed by atoms with Gasteiger partial charge in [-0.05, 0) is 68.2 Å². The standard InChI is InChI=1S/C20H24N4O/c25-20(17-7-4-13-2-1-3-16(13)12-17)24-10-8-15(9-11-24)19-21-18(22-23-19)14-5-6-14/h4,7,12,14-15H,1-3,5-6,8-11H2,(H,21,22,23). The zero-order chi connectivity index (χ0) is 16.8. The van der Waals surface area contributed by atoms with Crippen LogP contribution >= 0.6 is 0 Å². The van der Waals surface area contributed by atoms with Crippen molar-refractivity contribution in [2.75, 3.05) is 13.1 Å². The lowest BCUT2D eigenvalue weighted by Crippen LogP contribution is -2.38. The Morgan fingerprint density at radius 1 is 1.04 bits per heavy atom. The Bertz CT molecular complexity index is 800. The van der Waals surface area contributed by atoms with E-state index in [1.807, 2.05) is 11.0 Å². The molecule has 130 valence electrons. The monoisotopic (exact) mass is 336 g/mol. The second kappa shape index (κ2) is 5.97. The molecule has 1 saturated carbocycles. The third-order valence-corrected chi connectivity index (χ3v) is 5.98. The first-order valence-corrected chi connectivity index (χ1v) is 9.61. The normalized spacial score (nSPS) is 20.7. The van der Waals surface area contributed by atoms with Crippen molar-refractivity contribution < 1.29 is 4.79 Å². The largest absolute Gasteiger partial charge is 0.339 e. The van der Waals surface area contributed by atoms with Crippen LogP contribution in [0.2, 0.25) is 0 Å². The molecule has 0 atom stereocenters. The zero-order valence-electron chi connectivity index (χ0n) is 14.5. The Balaban J connectivity index is 1.24. The van der Waals surface area contributed by atoms with Crippen molar-refractivity contribution in [3.05, 3.63) is 46.5 Å². The van der Waals surface area contributed by atoms with Crippen LogP contribution in [0.4, 0.5) is 0 Å². The summed E-state index contributed by atoms with van der Waals surface area (Å²) in [5, 5.41) is 7.51. The van der Waals surface area contributed by atoms with Gasteiger partial charge in [0, 0.05) is 30.5 Å². The van der Waals surface area contributed by atoms with E-state index in [9.17, 15) is 4.79 Å². The molecule has 0 bridgehead atoms. The van der Waals surface area contributed by atoms with Crippen LogP contribution in [-0.2, 0) is 12.8 Å². The van der Waals surface area contributed by atoms with Gasteiger partial charge in [-0.1, -0.05) is 6.07 Å². The van der Waals surface area contributed by atoms with Gasteiger partial charge >= 0.3 is 0 Å². The lowest BCUT2D eigenvalue weighted by atomic mass is 9.95. The summed E-state index contributed by atoms with van der Waals surface area (Å²) in [6, 6.07) is 6.28. The molecule has 2 aromatic rings. The van der Waals surface area contributed by atoms with Crippen molar-refractivity contribution in [2.45, 2.75) is 56.8 Å². The molecule has 2 heterocycles. The average Bonchev–Trinajstić information content (AvgIpc) is 3.20. The second-order valence-electron chi connectivity index (χ2n) is 7.76. The molecule has 1 N–H and O–H groups in total. The van der Waals surface area contributed by atoms with Gasteiger partial charge in [0.2, 0.25) is 0 Å². The van der Waals surface area contributed by atoms with Crippen molar-refractivity contribution in [1.82, 2.24) is 20.1 Å². The molecular weight excluding hydrogens is 312 g/mol. The van der Waals surface area contributed by atoms with E-state index in [4.69, 9.17) is 4.98 Å². The van der Waals surface area contributed by atoms with Gasteiger partial charge in [0.15, 0.2) is 5.82 Å². The number of carbonyl (C=O) groups excluding carboxylic acids is 1. The number of aromatic nitrogens is 3. The highest BCUT2D eigenvalue weighted by atomic mass is 16.2. The molecule has 25 heavy (non-hydrogen) atoms. The number of aromatic amines is 1. The van der Waals surface area contributed by atoms with Crippen LogP contribution in [-0.4, -0.2) is 39.1 Å². The van der Waals surface area contributed by atoms with Crippen LogP contribution in [0.1, 0.15) is 77.1 Å². The van der Waals surface area contributed by atoms with Crippen molar-refractivity contribution in [3.63, 3.8) is 0 Å². The first-order chi connectivity index (χ1) is 12.3.